The van der Waals surface area contributed by atoms with Crippen molar-refractivity contribution >= 4 is 31.5 Å². The van der Waals surface area contributed by atoms with Gasteiger partial charge in [0.05, 0.1) is 5.41 Å². The van der Waals surface area contributed by atoms with Gasteiger partial charge in [-0.2, -0.15) is 0 Å². The summed E-state index contributed by atoms with van der Waals surface area (Å²) in [7, 11) is 0. The molecule has 0 fully saturated rings. The van der Waals surface area contributed by atoms with Crippen molar-refractivity contribution < 1.29 is 4.74 Å². The van der Waals surface area contributed by atoms with Gasteiger partial charge in [-0.3, -0.25) is 0 Å². The molecule has 0 atom stereocenters. The van der Waals surface area contributed by atoms with Crippen LogP contribution >= 0.6 is 11.3 Å². The van der Waals surface area contributed by atoms with Crippen molar-refractivity contribution in [2.24, 2.45) is 0 Å². The number of benzene rings is 7. The summed E-state index contributed by atoms with van der Waals surface area (Å²) in [4.78, 5) is 15.1. The minimum absolute atomic E-state index is 0.513. The van der Waals surface area contributed by atoms with E-state index in [9.17, 15) is 0 Å². The van der Waals surface area contributed by atoms with Crippen molar-refractivity contribution in [3.8, 4) is 56.8 Å². The van der Waals surface area contributed by atoms with E-state index < -0.39 is 5.41 Å². The highest BCUT2D eigenvalue weighted by Gasteiger charge is 2.51. The smallest absolute Gasteiger partial charge is 0.165 e. The molecule has 238 valence electrons. The van der Waals surface area contributed by atoms with Crippen LogP contribution in [0.4, 0.5) is 0 Å². The average molecular weight is 670 g/mol. The number of aromatic nitrogens is 3. The number of thiophene rings is 1. The molecule has 0 bridgehead atoms. The van der Waals surface area contributed by atoms with E-state index in [1.165, 1.54) is 27.8 Å². The summed E-state index contributed by atoms with van der Waals surface area (Å²) in [6.07, 6.45) is 0. The van der Waals surface area contributed by atoms with E-state index in [0.717, 1.165) is 53.9 Å². The van der Waals surface area contributed by atoms with Gasteiger partial charge in [-0.1, -0.05) is 146 Å². The van der Waals surface area contributed by atoms with E-state index in [0.29, 0.717) is 17.5 Å². The Morgan fingerprint density at radius 2 is 0.980 bits per heavy atom. The minimum Gasteiger partial charge on any atom is -0.456 e. The Morgan fingerprint density at radius 1 is 0.431 bits per heavy atom. The Kier molecular flexibility index (Phi) is 6.01. The fourth-order valence-corrected chi connectivity index (χ4v) is 9.51. The minimum atomic E-state index is -0.513. The standard InChI is InChI=1S/C46H27N3OS/c1-3-14-28(15-4-1)43-47-44(29-16-5-2-6-17-29)49-45(48-43)33-21-13-20-32-40-39(51-42(32)33)27-26-37-41(40)50-38-25-12-11-24-36(38)46(37)34-22-9-7-18-30(34)31-19-8-10-23-35(31)46/h1-27H. The third-order valence-corrected chi connectivity index (χ3v) is 11.6. The first-order chi connectivity index (χ1) is 25.3. The quantitative estimate of drug-likeness (QED) is 0.188. The predicted molar refractivity (Wildman–Crippen MR) is 206 cm³/mol. The van der Waals surface area contributed by atoms with Crippen LogP contribution < -0.4 is 4.74 Å². The van der Waals surface area contributed by atoms with Gasteiger partial charge in [0.15, 0.2) is 17.5 Å². The van der Waals surface area contributed by atoms with E-state index in [1.54, 1.807) is 11.3 Å². The van der Waals surface area contributed by atoms with Crippen LogP contribution in [0, 0.1) is 0 Å². The summed E-state index contributed by atoms with van der Waals surface area (Å²) in [5.41, 5.74) is 9.80. The molecule has 0 radical (unpaired) electrons. The van der Waals surface area contributed by atoms with Crippen molar-refractivity contribution in [3.05, 3.63) is 186 Å². The molecule has 51 heavy (non-hydrogen) atoms. The van der Waals surface area contributed by atoms with Crippen LogP contribution in [0.2, 0.25) is 0 Å². The first-order valence-electron chi connectivity index (χ1n) is 17.1. The van der Waals surface area contributed by atoms with E-state index in [4.69, 9.17) is 19.7 Å². The van der Waals surface area contributed by atoms with Gasteiger partial charge in [-0.05, 0) is 40.5 Å². The zero-order valence-corrected chi connectivity index (χ0v) is 28.1. The number of fused-ring (bicyclic) bond motifs is 13. The highest BCUT2D eigenvalue weighted by atomic mass is 32.1. The van der Waals surface area contributed by atoms with Crippen LogP contribution in [0.5, 0.6) is 11.5 Å². The van der Waals surface area contributed by atoms with Crippen molar-refractivity contribution in [1.82, 2.24) is 15.0 Å². The largest absolute Gasteiger partial charge is 0.456 e. The highest BCUT2D eigenvalue weighted by Crippen LogP contribution is 2.63. The SMILES string of the molecule is c1ccc(-c2nc(-c3ccccc3)nc(-c3cccc4c3sc3ccc5c(c34)Oc3ccccc3C53c4ccccc4-c4ccccc43)n2)cc1. The van der Waals surface area contributed by atoms with E-state index in [1.807, 2.05) is 60.7 Å². The number of hydrogen-bond donors (Lipinski definition) is 0. The summed E-state index contributed by atoms with van der Waals surface area (Å²) in [5.74, 6) is 3.74. The Hall–Kier alpha value is -6.43. The lowest BCUT2D eigenvalue weighted by Crippen LogP contribution is -2.32. The molecule has 1 aliphatic carbocycles. The average Bonchev–Trinajstić information content (AvgIpc) is 3.73. The zero-order valence-electron chi connectivity index (χ0n) is 27.2. The van der Waals surface area contributed by atoms with E-state index in [2.05, 4.69) is 103 Å². The fraction of sp³-hybridized carbons (Fsp3) is 0.0217. The molecule has 4 nitrogen and oxygen atoms in total. The van der Waals surface area contributed by atoms with Gasteiger partial charge in [0.2, 0.25) is 0 Å². The molecular formula is C46H27N3OS. The molecule has 5 heteroatoms. The van der Waals surface area contributed by atoms with Crippen molar-refractivity contribution in [2.75, 3.05) is 0 Å². The third kappa shape index (κ3) is 3.98. The van der Waals surface area contributed by atoms with Gasteiger partial charge < -0.3 is 4.74 Å². The van der Waals surface area contributed by atoms with Gasteiger partial charge in [0, 0.05) is 48.0 Å². The molecule has 7 aromatic carbocycles. The van der Waals surface area contributed by atoms with Crippen LogP contribution in [0.25, 0.3) is 65.5 Å². The second kappa shape index (κ2) is 10.8. The molecule has 0 saturated carbocycles. The molecule has 11 rings (SSSR count). The first-order valence-corrected chi connectivity index (χ1v) is 17.9. The molecular weight excluding hydrogens is 643 g/mol. The van der Waals surface area contributed by atoms with Gasteiger partial charge >= 0.3 is 0 Å². The summed E-state index contributed by atoms with van der Waals surface area (Å²) in [6, 6.07) is 57.6. The lowest BCUT2D eigenvalue weighted by molar-refractivity contribution is 0.442. The summed E-state index contributed by atoms with van der Waals surface area (Å²) < 4.78 is 9.32. The maximum absolute atomic E-state index is 7.04. The molecule has 9 aromatic rings. The van der Waals surface area contributed by atoms with E-state index in [-0.39, 0.29) is 0 Å². The molecule has 0 N–H and O–H groups in total. The molecule has 2 aromatic heterocycles. The Balaban J connectivity index is 1.19. The fourth-order valence-electron chi connectivity index (χ4n) is 8.30. The monoisotopic (exact) mass is 669 g/mol. The van der Waals surface area contributed by atoms with Crippen LogP contribution in [0.3, 0.4) is 0 Å². The molecule has 1 aliphatic heterocycles. The number of hydrogen-bond acceptors (Lipinski definition) is 5. The molecule has 0 amide bonds. The van der Waals surface area contributed by atoms with Crippen molar-refractivity contribution in [2.45, 2.75) is 5.41 Å². The summed E-state index contributed by atoms with van der Waals surface area (Å²) in [6.45, 7) is 0. The second-order valence-corrected chi connectivity index (χ2v) is 14.1. The molecule has 0 saturated heterocycles. The normalized spacial score (nSPS) is 13.4. The van der Waals surface area contributed by atoms with Crippen molar-refractivity contribution in [1.29, 1.82) is 0 Å². The van der Waals surface area contributed by atoms with Gasteiger partial charge in [-0.15, -0.1) is 11.3 Å². The van der Waals surface area contributed by atoms with E-state index >= 15 is 0 Å². The van der Waals surface area contributed by atoms with Gasteiger partial charge in [-0.25, -0.2) is 15.0 Å². The summed E-state index contributed by atoms with van der Waals surface area (Å²) >= 11 is 1.76. The topological polar surface area (TPSA) is 47.9 Å². The lowest BCUT2D eigenvalue weighted by Gasteiger charge is -2.39. The maximum Gasteiger partial charge on any atom is 0.165 e. The zero-order chi connectivity index (χ0) is 33.5. The van der Waals surface area contributed by atoms with Crippen LogP contribution in [0.15, 0.2) is 164 Å². The second-order valence-electron chi connectivity index (χ2n) is 13.1. The Bertz CT molecular complexity index is 2740. The van der Waals surface area contributed by atoms with Gasteiger partial charge in [0.25, 0.3) is 0 Å². The molecule has 2 aliphatic rings. The van der Waals surface area contributed by atoms with Crippen LogP contribution in [-0.2, 0) is 5.41 Å². The van der Waals surface area contributed by atoms with Crippen molar-refractivity contribution in [3.63, 3.8) is 0 Å². The van der Waals surface area contributed by atoms with Crippen LogP contribution in [0.1, 0.15) is 22.3 Å². The number of rotatable bonds is 3. The van der Waals surface area contributed by atoms with Gasteiger partial charge in [0.1, 0.15) is 11.5 Å². The molecule has 0 unspecified atom stereocenters. The van der Waals surface area contributed by atoms with Crippen LogP contribution in [-0.4, -0.2) is 15.0 Å². The number of nitrogens with zero attached hydrogens (tertiary/aromatic N) is 3. The first kappa shape index (κ1) is 28.4. The third-order valence-electron chi connectivity index (χ3n) is 10.4. The Labute approximate surface area is 298 Å². The Morgan fingerprint density at radius 3 is 1.65 bits per heavy atom. The molecule has 1 spiro atoms. The highest BCUT2D eigenvalue weighted by molar-refractivity contribution is 7.26. The predicted octanol–water partition coefficient (Wildman–Crippen LogP) is 11.7. The number of para-hydroxylation sites is 1. The maximum atomic E-state index is 7.04. The summed E-state index contributed by atoms with van der Waals surface area (Å²) in [5, 5.41) is 2.24. The molecule has 3 heterocycles. The lowest BCUT2D eigenvalue weighted by atomic mass is 9.66. The number of ether oxygens (including phenoxy) is 1.